The van der Waals surface area contributed by atoms with E-state index in [1.165, 1.54) is 0 Å². The Hall–Kier alpha value is -0.193. The van der Waals surface area contributed by atoms with Crippen LogP contribution in [0.2, 0.25) is 18.1 Å². The summed E-state index contributed by atoms with van der Waals surface area (Å²) in [5.41, 5.74) is 0. The van der Waals surface area contributed by atoms with Crippen molar-refractivity contribution < 1.29 is 14.3 Å². The smallest absolute Gasteiger partial charge is 0.192 e. The molecule has 0 amide bonds. The molecule has 0 bridgehead atoms. The SMILES string of the molecule is CC(CO[Si](C)(C)C(C)(C)C)C(=O)CCO. The molecule has 1 unspecified atom stereocenters. The topological polar surface area (TPSA) is 46.5 Å². The van der Waals surface area contributed by atoms with Crippen LogP contribution >= 0.6 is 0 Å². The molecule has 0 spiro atoms. The average Bonchev–Trinajstić information content (AvgIpc) is 2.12. The van der Waals surface area contributed by atoms with Crippen molar-refractivity contribution in [3.05, 3.63) is 0 Å². The first-order valence-electron chi connectivity index (χ1n) is 5.89. The highest BCUT2D eigenvalue weighted by Gasteiger charge is 2.37. The van der Waals surface area contributed by atoms with Crippen LogP contribution in [0, 0.1) is 5.92 Å². The van der Waals surface area contributed by atoms with Gasteiger partial charge in [-0.25, -0.2) is 0 Å². The Kier molecular flexibility index (Phi) is 5.86. The number of hydrogen-bond donors (Lipinski definition) is 1. The molecule has 0 rings (SSSR count). The van der Waals surface area contributed by atoms with Crippen LogP contribution in [0.5, 0.6) is 0 Å². The molecule has 0 fully saturated rings. The minimum Gasteiger partial charge on any atom is -0.416 e. The van der Waals surface area contributed by atoms with Crippen LogP contribution in [0.3, 0.4) is 0 Å². The third kappa shape index (κ3) is 4.76. The monoisotopic (exact) mass is 246 g/mol. The Morgan fingerprint density at radius 3 is 2.25 bits per heavy atom. The molecule has 16 heavy (non-hydrogen) atoms. The maximum Gasteiger partial charge on any atom is 0.192 e. The Morgan fingerprint density at radius 1 is 1.38 bits per heavy atom. The van der Waals surface area contributed by atoms with Crippen LogP contribution in [0.4, 0.5) is 0 Å². The molecule has 0 aliphatic carbocycles. The molecule has 0 aromatic rings. The van der Waals surface area contributed by atoms with Gasteiger partial charge in [0.05, 0.1) is 0 Å². The quantitative estimate of drug-likeness (QED) is 0.733. The minimum absolute atomic E-state index is 0.0662. The Balaban J connectivity index is 4.20. The van der Waals surface area contributed by atoms with Gasteiger partial charge in [-0.3, -0.25) is 4.79 Å². The van der Waals surface area contributed by atoms with Crippen LogP contribution in [0.1, 0.15) is 34.1 Å². The zero-order valence-corrected chi connectivity index (χ0v) is 12.5. The summed E-state index contributed by atoms with van der Waals surface area (Å²) in [5, 5.41) is 8.86. The third-order valence-electron chi connectivity index (χ3n) is 3.41. The summed E-state index contributed by atoms with van der Waals surface area (Å²) in [5.74, 6) is -0.0255. The fraction of sp³-hybridized carbons (Fsp3) is 0.917. The van der Waals surface area contributed by atoms with Crippen molar-refractivity contribution in [3.63, 3.8) is 0 Å². The number of carbonyl (C=O) groups is 1. The second kappa shape index (κ2) is 5.94. The Morgan fingerprint density at radius 2 is 1.88 bits per heavy atom. The van der Waals surface area contributed by atoms with Crippen LogP contribution < -0.4 is 0 Å². The van der Waals surface area contributed by atoms with E-state index >= 15 is 0 Å². The number of hydrogen-bond acceptors (Lipinski definition) is 3. The van der Waals surface area contributed by atoms with E-state index in [1.54, 1.807) is 0 Å². The van der Waals surface area contributed by atoms with Gasteiger partial charge in [-0.05, 0) is 18.1 Å². The predicted octanol–water partition coefficient (Wildman–Crippen LogP) is 2.60. The van der Waals surface area contributed by atoms with Gasteiger partial charge in [-0.1, -0.05) is 27.7 Å². The number of aliphatic hydroxyl groups is 1. The first kappa shape index (κ1) is 15.8. The number of carbonyl (C=O) groups excluding carboxylic acids is 1. The average molecular weight is 246 g/mol. The third-order valence-corrected chi connectivity index (χ3v) is 7.91. The molecule has 0 aliphatic rings. The molecule has 0 aliphatic heterocycles. The molecular weight excluding hydrogens is 220 g/mol. The van der Waals surface area contributed by atoms with Gasteiger partial charge in [0, 0.05) is 25.6 Å². The first-order valence-corrected chi connectivity index (χ1v) is 8.80. The summed E-state index contributed by atoms with van der Waals surface area (Å²) in [4.78, 5) is 11.5. The van der Waals surface area contributed by atoms with Crippen LogP contribution in [0.25, 0.3) is 0 Å². The van der Waals surface area contributed by atoms with E-state index in [4.69, 9.17) is 9.53 Å². The number of ketones is 1. The molecule has 4 heteroatoms. The molecule has 0 radical (unpaired) electrons. The van der Waals surface area contributed by atoms with E-state index in [0.717, 1.165) is 0 Å². The van der Waals surface area contributed by atoms with Gasteiger partial charge in [0.25, 0.3) is 0 Å². The zero-order valence-electron chi connectivity index (χ0n) is 11.5. The van der Waals surface area contributed by atoms with E-state index in [-0.39, 0.29) is 29.8 Å². The lowest BCUT2D eigenvalue weighted by atomic mass is 10.1. The van der Waals surface area contributed by atoms with E-state index in [1.807, 2.05) is 6.92 Å². The maximum absolute atomic E-state index is 11.5. The zero-order chi connectivity index (χ0) is 13.0. The van der Waals surface area contributed by atoms with Crippen molar-refractivity contribution in [1.29, 1.82) is 0 Å². The second-order valence-electron chi connectivity index (χ2n) is 5.91. The summed E-state index contributed by atoms with van der Waals surface area (Å²) in [6.07, 6.45) is 0.238. The summed E-state index contributed by atoms with van der Waals surface area (Å²) >= 11 is 0. The van der Waals surface area contributed by atoms with E-state index in [2.05, 4.69) is 33.9 Å². The van der Waals surface area contributed by atoms with Crippen molar-refractivity contribution in [1.82, 2.24) is 0 Å². The van der Waals surface area contributed by atoms with Crippen molar-refractivity contribution in [2.75, 3.05) is 13.2 Å². The largest absolute Gasteiger partial charge is 0.416 e. The highest BCUT2D eigenvalue weighted by molar-refractivity contribution is 6.74. The molecule has 0 saturated heterocycles. The summed E-state index contributed by atoms with van der Waals surface area (Å²) in [6.45, 7) is 13.2. The standard InChI is InChI=1S/C12H26O3Si/c1-10(11(14)7-8-13)9-15-16(5,6)12(2,3)4/h10,13H,7-9H2,1-6H3. The lowest BCUT2D eigenvalue weighted by Crippen LogP contribution is -2.42. The highest BCUT2D eigenvalue weighted by Crippen LogP contribution is 2.36. The Labute approximate surface area is 100 Å². The van der Waals surface area contributed by atoms with Crippen molar-refractivity contribution in [2.45, 2.75) is 52.2 Å². The van der Waals surface area contributed by atoms with Crippen molar-refractivity contribution in [2.24, 2.45) is 5.92 Å². The van der Waals surface area contributed by atoms with Gasteiger partial charge in [-0.2, -0.15) is 0 Å². The molecule has 1 atom stereocenters. The Bertz CT molecular complexity index is 231. The van der Waals surface area contributed by atoms with Crippen LogP contribution in [-0.2, 0) is 9.22 Å². The van der Waals surface area contributed by atoms with Crippen LogP contribution in [-0.4, -0.2) is 32.4 Å². The second-order valence-corrected chi connectivity index (χ2v) is 10.7. The van der Waals surface area contributed by atoms with E-state index in [0.29, 0.717) is 6.61 Å². The fourth-order valence-electron chi connectivity index (χ4n) is 0.999. The molecule has 3 nitrogen and oxygen atoms in total. The van der Waals surface area contributed by atoms with E-state index < -0.39 is 8.32 Å². The first-order chi connectivity index (χ1) is 7.12. The maximum atomic E-state index is 11.5. The number of rotatable bonds is 6. The molecule has 0 aromatic carbocycles. The molecule has 1 N–H and O–H groups in total. The fourth-order valence-corrected chi connectivity index (χ4v) is 2.10. The lowest BCUT2D eigenvalue weighted by molar-refractivity contribution is -0.123. The lowest BCUT2D eigenvalue weighted by Gasteiger charge is -2.36. The van der Waals surface area contributed by atoms with Gasteiger partial charge in [0.1, 0.15) is 5.78 Å². The minimum atomic E-state index is -1.75. The van der Waals surface area contributed by atoms with E-state index in [9.17, 15) is 4.79 Å². The van der Waals surface area contributed by atoms with Crippen molar-refractivity contribution >= 4 is 14.1 Å². The molecule has 96 valence electrons. The molecule has 0 heterocycles. The number of Topliss-reactive ketones (excluding diaryl/α,β-unsaturated/α-hetero) is 1. The molecular formula is C12H26O3Si. The predicted molar refractivity (Wildman–Crippen MR) is 69.0 cm³/mol. The molecule has 0 aromatic heterocycles. The normalized spacial score (nSPS) is 14.9. The van der Waals surface area contributed by atoms with Gasteiger partial charge in [-0.15, -0.1) is 0 Å². The summed E-state index contributed by atoms with van der Waals surface area (Å²) < 4.78 is 5.96. The van der Waals surface area contributed by atoms with Gasteiger partial charge in [0.15, 0.2) is 8.32 Å². The summed E-state index contributed by atoms with van der Waals surface area (Å²) in [7, 11) is -1.75. The van der Waals surface area contributed by atoms with Gasteiger partial charge < -0.3 is 9.53 Å². The molecule has 0 saturated carbocycles. The highest BCUT2D eigenvalue weighted by atomic mass is 28.4. The van der Waals surface area contributed by atoms with Crippen molar-refractivity contribution in [3.8, 4) is 0 Å². The summed E-state index contributed by atoms with van der Waals surface area (Å²) in [6, 6.07) is 0. The van der Waals surface area contributed by atoms with Crippen LogP contribution in [0.15, 0.2) is 0 Å². The van der Waals surface area contributed by atoms with Gasteiger partial charge in [0.2, 0.25) is 0 Å². The van der Waals surface area contributed by atoms with Gasteiger partial charge >= 0.3 is 0 Å². The number of aliphatic hydroxyl groups excluding tert-OH is 1.